The fourth-order valence-electron chi connectivity index (χ4n) is 0.742. The summed E-state index contributed by atoms with van der Waals surface area (Å²) in [5.74, 6) is 0. The summed E-state index contributed by atoms with van der Waals surface area (Å²) in [6.45, 7) is 1.60. The number of amides is 2. The molecule has 1 heterocycles. The van der Waals surface area contributed by atoms with Crippen molar-refractivity contribution in [3.8, 4) is 0 Å². The van der Waals surface area contributed by atoms with Crippen molar-refractivity contribution < 1.29 is 4.79 Å². The molecule has 64 valence electrons. The lowest BCUT2D eigenvalue weighted by Crippen LogP contribution is -2.22. The second-order valence-corrected chi connectivity index (χ2v) is 2.19. The quantitative estimate of drug-likeness (QED) is 0.530. The van der Waals surface area contributed by atoms with Gasteiger partial charge >= 0.3 is 11.7 Å². The molecule has 1 rings (SSSR count). The fraction of sp³-hybridized carbons (Fsp3) is 0.167. The van der Waals surface area contributed by atoms with E-state index in [4.69, 9.17) is 5.73 Å². The number of hydrogen-bond acceptors (Lipinski definition) is 3. The van der Waals surface area contributed by atoms with Crippen LogP contribution < -0.4 is 16.7 Å². The van der Waals surface area contributed by atoms with Gasteiger partial charge in [-0.2, -0.15) is 4.98 Å². The Hall–Kier alpha value is -1.85. The summed E-state index contributed by atoms with van der Waals surface area (Å²) in [6, 6.07) is -0.688. The van der Waals surface area contributed by atoms with E-state index in [1.165, 1.54) is 6.20 Å². The molecule has 4 N–H and O–H groups in total. The molecule has 6 heteroatoms. The number of carbonyl (C=O) groups excluding carboxylic acids is 1. The number of hydrogen-bond donors (Lipinski definition) is 3. The number of anilines is 1. The van der Waals surface area contributed by atoms with Crippen LogP contribution in [0.1, 0.15) is 5.69 Å². The maximum absolute atomic E-state index is 10.6. The number of nitrogens with one attached hydrogen (secondary N) is 2. The summed E-state index contributed by atoms with van der Waals surface area (Å²) in [7, 11) is 0. The molecule has 12 heavy (non-hydrogen) atoms. The third-order valence-corrected chi connectivity index (χ3v) is 1.26. The van der Waals surface area contributed by atoms with Gasteiger partial charge in [0.1, 0.15) is 0 Å². The Kier molecular flexibility index (Phi) is 2.09. The predicted octanol–water partition coefficient (Wildman–Crippen LogP) is -0.431. The minimum Gasteiger partial charge on any atom is -0.351 e. The number of nitrogens with zero attached hydrogens (tertiary/aromatic N) is 1. The molecule has 0 atom stereocenters. The van der Waals surface area contributed by atoms with Crippen LogP contribution in [0, 0.1) is 6.92 Å². The van der Waals surface area contributed by atoms with Crippen molar-refractivity contribution in [1.29, 1.82) is 0 Å². The predicted molar refractivity (Wildman–Crippen MR) is 42.8 cm³/mol. The fourth-order valence-corrected chi connectivity index (χ4v) is 0.742. The van der Waals surface area contributed by atoms with Crippen molar-refractivity contribution in [2.45, 2.75) is 6.92 Å². The Bertz CT molecular complexity index is 357. The van der Waals surface area contributed by atoms with Gasteiger partial charge in [0.05, 0.1) is 11.4 Å². The Balaban J connectivity index is 3.01. The molecular weight excluding hydrogens is 160 g/mol. The number of primary amides is 1. The van der Waals surface area contributed by atoms with Crippen molar-refractivity contribution in [3.63, 3.8) is 0 Å². The number of aromatic amines is 1. The van der Waals surface area contributed by atoms with Crippen LogP contribution in [-0.2, 0) is 0 Å². The highest BCUT2D eigenvalue weighted by molar-refractivity contribution is 5.88. The highest BCUT2D eigenvalue weighted by atomic mass is 16.2. The number of aromatic nitrogens is 2. The first-order valence-corrected chi connectivity index (χ1v) is 3.22. The van der Waals surface area contributed by atoms with Gasteiger partial charge in [-0.1, -0.05) is 0 Å². The van der Waals surface area contributed by atoms with Crippen LogP contribution in [0.25, 0.3) is 0 Å². The Morgan fingerprint density at radius 2 is 2.42 bits per heavy atom. The average molecular weight is 168 g/mol. The van der Waals surface area contributed by atoms with E-state index in [1.807, 2.05) is 0 Å². The van der Waals surface area contributed by atoms with Crippen LogP contribution >= 0.6 is 0 Å². The zero-order valence-corrected chi connectivity index (χ0v) is 6.42. The lowest BCUT2D eigenvalue weighted by Gasteiger charge is -2.02. The van der Waals surface area contributed by atoms with Crippen molar-refractivity contribution in [2.24, 2.45) is 5.73 Å². The normalized spacial score (nSPS) is 9.42. The lowest BCUT2D eigenvalue weighted by atomic mass is 10.4. The van der Waals surface area contributed by atoms with E-state index in [-0.39, 0.29) is 0 Å². The first kappa shape index (κ1) is 8.25. The molecule has 2 amide bonds. The molecule has 0 saturated carbocycles. The summed E-state index contributed by atoms with van der Waals surface area (Å²) in [4.78, 5) is 26.9. The van der Waals surface area contributed by atoms with Gasteiger partial charge in [-0.3, -0.25) is 0 Å². The van der Waals surface area contributed by atoms with Crippen LogP contribution in [0.3, 0.4) is 0 Å². The van der Waals surface area contributed by atoms with Crippen molar-refractivity contribution in [2.75, 3.05) is 5.32 Å². The molecule has 0 bridgehead atoms. The average Bonchev–Trinajstić information content (AvgIpc) is 1.94. The first-order valence-electron chi connectivity index (χ1n) is 3.22. The van der Waals surface area contributed by atoms with E-state index >= 15 is 0 Å². The number of urea groups is 1. The van der Waals surface area contributed by atoms with E-state index in [2.05, 4.69) is 15.3 Å². The third-order valence-electron chi connectivity index (χ3n) is 1.26. The number of carbonyl (C=O) groups is 1. The van der Waals surface area contributed by atoms with Crippen molar-refractivity contribution in [1.82, 2.24) is 9.97 Å². The van der Waals surface area contributed by atoms with Crippen LogP contribution in [0.15, 0.2) is 11.0 Å². The van der Waals surface area contributed by atoms with Crippen LogP contribution in [0.4, 0.5) is 10.5 Å². The molecule has 0 aliphatic heterocycles. The largest absolute Gasteiger partial charge is 0.351 e. The highest BCUT2D eigenvalue weighted by Crippen LogP contribution is 2.05. The molecule has 0 fully saturated rings. The second kappa shape index (κ2) is 3.04. The molecule has 0 radical (unpaired) electrons. The summed E-state index contributed by atoms with van der Waals surface area (Å²) >= 11 is 0. The summed E-state index contributed by atoms with van der Waals surface area (Å²) in [5, 5.41) is 2.31. The number of nitrogens with two attached hydrogens (primary N) is 1. The molecule has 0 aliphatic rings. The van der Waals surface area contributed by atoms with Crippen LogP contribution in [0.5, 0.6) is 0 Å². The van der Waals surface area contributed by atoms with Gasteiger partial charge in [0, 0.05) is 6.20 Å². The van der Waals surface area contributed by atoms with Crippen LogP contribution in [-0.4, -0.2) is 16.0 Å². The van der Waals surface area contributed by atoms with Gasteiger partial charge < -0.3 is 16.0 Å². The first-order chi connectivity index (χ1) is 5.59. The smallest absolute Gasteiger partial charge is 0.345 e. The third kappa shape index (κ3) is 1.82. The summed E-state index contributed by atoms with van der Waals surface area (Å²) in [6.07, 6.45) is 1.34. The Labute approximate surface area is 67.8 Å². The van der Waals surface area contributed by atoms with E-state index in [0.29, 0.717) is 11.4 Å². The molecule has 0 spiro atoms. The molecule has 1 aromatic rings. The Morgan fingerprint density at radius 3 is 2.92 bits per heavy atom. The summed E-state index contributed by atoms with van der Waals surface area (Å²) < 4.78 is 0. The van der Waals surface area contributed by atoms with Gasteiger partial charge in [-0.05, 0) is 6.92 Å². The Morgan fingerprint density at radius 1 is 1.75 bits per heavy atom. The van der Waals surface area contributed by atoms with Gasteiger partial charge in [-0.25, -0.2) is 9.59 Å². The van der Waals surface area contributed by atoms with Gasteiger partial charge in [0.15, 0.2) is 0 Å². The van der Waals surface area contributed by atoms with Gasteiger partial charge in [0.2, 0.25) is 0 Å². The number of rotatable bonds is 1. The van der Waals surface area contributed by atoms with Gasteiger partial charge in [0.25, 0.3) is 0 Å². The van der Waals surface area contributed by atoms with Crippen molar-refractivity contribution >= 4 is 11.7 Å². The van der Waals surface area contributed by atoms with Crippen LogP contribution in [0.2, 0.25) is 0 Å². The van der Waals surface area contributed by atoms with Crippen molar-refractivity contribution in [3.05, 3.63) is 22.4 Å². The molecular formula is C6H8N4O2. The topological polar surface area (TPSA) is 101 Å². The zero-order valence-electron chi connectivity index (χ0n) is 6.42. The second-order valence-electron chi connectivity index (χ2n) is 2.19. The molecule has 0 aliphatic carbocycles. The van der Waals surface area contributed by atoms with Gasteiger partial charge in [-0.15, -0.1) is 0 Å². The lowest BCUT2D eigenvalue weighted by molar-refractivity contribution is 0.259. The van der Waals surface area contributed by atoms with E-state index in [9.17, 15) is 9.59 Å². The van der Waals surface area contributed by atoms with E-state index in [1.54, 1.807) is 6.92 Å². The minimum atomic E-state index is -0.688. The molecule has 0 saturated heterocycles. The zero-order chi connectivity index (χ0) is 9.14. The molecule has 1 aromatic heterocycles. The molecule has 6 nitrogen and oxygen atoms in total. The minimum absolute atomic E-state index is 0.405. The monoisotopic (exact) mass is 168 g/mol. The van der Waals surface area contributed by atoms with E-state index < -0.39 is 11.7 Å². The molecule has 0 unspecified atom stereocenters. The standard InChI is InChI=1S/C6H8N4O2/c1-3-4(10-5(7)11)2-8-6(12)9-3/h2H,1H3,(H3,7,10,11)(H,8,9,12). The maximum atomic E-state index is 10.6. The number of aryl methyl sites for hydroxylation is 1. The number of H-pyrrole nitrogens is 1. The maximum Gasteiger partial charge on any atom is 0.345 e. The highest BCUT2D eigenvalue weighted by Gasteiger charge is 2.01. The summed E-state index contributed by atoms with van der Waals surface area (Å²) in [5.41, 5.74) is 5.24. The SMILES string of the molecule is Cc1nc(=O)[nH]cc1NC(N)=O. The molecule has 0 aromatic carbocycles. The van der Waals surface area contributed by atoms with E-state index in [0.717, 1.165) is 0 Å².